The maximum absolute atomic E-state index is 12.8. The number of benzene rings is 1. The van der Waals surface area contributed by atoms with Crippen LogP contribution < -0.4 is 0 Å². The van der Waals surface area contributed by atoms with Crippen molar-refractivity contribution in [2.75, 3.05) is 0 Å². The Morgan fingerprint density at radius 2 is 1.67 bits per heavy atom. The molecule has 0 amide bonds. The highest BCUT2D eigenvalue weighted by atomic mass is 35.5. The molecule has 0 saturated heterocycles. The van der Waals surface area contributed by atoms with Gasteiger partial charge in [-0.3, -0.25) is 0 Å². The van der Waals surface area contributed by atoms with E-state index in [4.69, 9.17) is 28.3 Å². The Balaban J connectivity index is 3.21. The third-order valence-electron chi connectivity index (χ3n) is 1.64. The molecule has 0 heterocycles. The lowest BCUT2D eigenvalue weighted by Gasteiger charge is -2.16. The minimum Gasteiger partial charge on any atom is -0.379 e. The lowest BCUT2D eigenvalue weighted by atomic mass is 10.1. The van der Waals surface area contributed by atoms with E-state index in [1.165, 1.54) is 0 Å². The van der Waals surface area contributed by atoms with Gasteiger partial charge in [0.1, 0.15) is 5.82 Å². The van der Waals surface area contributed by atoms with Crippen LogP contribution in [0.25, 0.3) is 0 Å². The van der Waals surface area contributed by atoms with Crippen LogP contribution in [0.5, 0.6) is 0 Å². The van der Waals surface area contributed by atoms with E-state index in [0.29, 0.717) is 6.07 Å². The number of hydrogen-bond acceptors (Lipinski definition) is 1. The second-order valence-corrected chi connectivity index (χ2v) is 3.55. The van der Waals surface area contributed by atoms with Crippen molar-refractivity contribution in [2.24, 2.45) is 0 Å². The molecule has 1 nitrogen and oxygen atoms in total. The number of rotatable bonds is 1. The van der Waals surface area contributed by atoms with E-state index in [0.717, 1.165) is 6.07 Å². The van der Waals surface area contributed by atoms with Crippen molar-refractivity contribution < 1.29 is 22.7 Å². The maximum Gasteiger partial charge on any atom is 0.418 e. The van der Waals surface area contributed by atoms with Crippen LogP contribution in [0.3, 0.4) is 0 Å². The molecule has 1 aromatic rings. The first kappa shape index (κ1) is 12.5. The highest BCUT2D eigenvalue weighted by Gasteiger charge is 2.40. The minimum atomic E-state index is -4.90. The largest absolute Gasteiger partial charge is 0.418 e. The Hall–Kier alpha value is -0.520. The van der Waals surface area contributed by atoms with Crippen LogP contribution in [0, 0.1) is 5.82 Å². The van der Waals surface area contributed by atoms with Crippen molar-refractivity contribution >= 4 is 23.2 Å². The number of aliphatic hydroxyl groups is 1. The van der Waals surface area contributed by atoms with Gasteiger partial charge in [-0.25, -0.2) is 4.39 Å². The van der Waals surface area contributed by atoms with Gasteiger partial charge in [0.2, 0.25) is 0 Å². The summed E-state index contributed by atoms with van der Waals surface area (Å²) in [5.41, 5.74) is -0.758. The quantitative estimate of drug-likeness (QED) is 0.604. The molecule has 15 heavy (non-hydrogen) atoms. The van der Waals surface area contributed by atoms with E-state index in [9.17, 15) is 17.6 Å². The standard InChI is InChI=1S/C8H4Cl2F4O/c9-4-2-5(10)6(11)1-3(4)7(15)8(12,13)14/h1-2,7,15H/t7-/m0/s1. The van der Waals surface area contributed by atoms with Crippen LogP contribution in [-0.2, 0) is 0 Å². The van der Waals surface area contributed by atoms with E-state index >= 15 is 0 Å². The first-order valence-electron chi connectivity index (χ1n) is 3.62. The zero-order valence-electron chi connectivity index (χ0n) is 6.95. The molecule has 0 bridgehead atoms. The van der Waals surface area contributed by atoms with Gasteiger partial charge < -0.3 is 5.11 Å². The lowest BCUT2D eigenvalue weighted by Crippen LogP contribution is -2.20. The van der Waals surface area contributed by atoms with E-state index < -0.39 is 33.7 Å². The van der Waals surface area contributed by atoms with Gasteiger partial charge >= 0.3 is 6.18 Å². The normalized spacial score (nSPS) is 14.1. The number of hydrogen-bond donors (Lipinski definition) is 1. The molecule has 7 heteroatoms. The molecule has 0 aliphatic rings. The van der Waals surface area contributed by atoms with Crippen molar-refractivity contribution in [3.8, 4) is 0 Å². The van der Waals surface area contributed by atoms with Gasteiger partial charge in [0.05, 0.1) is 5.02 Å². The molecule has 0 saturated carbocycles. The highest BCUT2D eigenvalue weighted by Crippen LogP contribution is 2.37. The second-order valence-electron chi connectivity index (χ2n) is 2.73. The molecule has 84 valence electrons. The Bertz CT molecular complexity index is 378. The monoisotopic (exact) mass is 262 g/mol. The highest BCUT2D eigenvalue weighted by molar-refractivity contribution is 6.35. The zero-order chi connectivity index (χ0) is 11.8. The molecule has 0 unspecified atom stereocenters. The molecule has 1 N–H and O–H groups in total. The zero-order valence-corrected chi connectivity index (χ0v) is 8.46. The van der Waals surface area contributed by atoms with E-state index in [-0.39, 0.29) is 0 Å². The fraction of sp³-hybridized carbons (Fsp3) is 0.250. The van der Waals surface area contributed by atoms with Gasteiger partial charge in [-0.05, 0) is 12.1 Å². The van der Waals surface area contributed by atoms with Crippen LogP contribution in [0.4, 0.5) is 17.6 Å². The predicted molar refractivity (Wildman–Crippen MR) is 47.4 cm³/mol. The summed E-state index contributed by atoms with van der Waals surface area (Å²) in [6.07, 6.45) is -7.72. The smallest absolute Gasteiger partial charge is 0.379 e. The van der Waals surface area contributed by atoms with Crippen molar-refractivity contribution in [1.29, 1.82) is 0 Å². The van der Waals surface area contributed by atoms with Crippen LogP contribution in [-0.4, -0.2) is 11.3 Å². The molecule has 0 aliphatic heterocycles. The molecular formula is C8H4Cl2F4O. The lowest BCUT2D eigenvalue weighted by molar-refractivity contribution is -0.206. The average molecular weight is 263 g/mol. The molecular weight excluding hydrogens is 259 g/mol. The number of aliphatic hydroxyl groups excluding tert-OH is 1. The van der Waals surface area contributed by atoms with Crippen LogP contribution >= 0.6 is 23.2 Å². The summed E-state index contributed by atoms with van der Waals surface area (Å²) in [6.45, 7) is 0. The SMILES string of the molecule is O[C@@H](c1cc(F)c(Cl)cc1Cl)C(F)(F)F. The first-order valence-corrected chi connectivity index (χ1v) is 4.38. The van der Waals surface area contributed by atoms with Gasteiger partial charge in [0, 0.05) is 10.6 Å². The van der Waals surface area contributed by atoms with Crippen LogP contribution in [0.1, 0.15) is 11.7 Å². The summed E-state index contributed by atoms with van der Waals surface area (Å²) in [4.78, 5) is 0. The first-order chi connectivity index (χ1) is 6.73. The van der Waals surface area contributed by atoms with Gasteiger partial charge in [-0.1, -0.05) is 23.2 Å². The molecule has 1 rings (SSSR count). The Kier molecular flexibility index (Phi) is 3.48. The van der Waals surface area contributed by atoms with Crippen molar-refractivity contribution in [2.45, 2.75) is 12.3 Å². The summed E-state index contributed by atoms with van der Waals surface area (Å²) < 4.78 is 49.1. The minimum absolute atomic E-state index is 0.405. The van der Waals surface area contributed by atoms with Gasteiger partial charge in [-0.15, -0.1) is 0 Å². The Labute approximate surface area is 92.2 Å². The fourth-order valence-corrected chi connectivity index (χ4v) is 1.41. The third kappa shape index (κ3) is 2.74. The third-order valence-corrected chi connectivity index (χ3v) is 2.26. The van der Waals surface area contributed by atoms with Crippen LogP contribution in [0.2, 0.25) is 10.0 Å². The molecule has 0 fully saturated rings. The summed E-state index contributed by atoms with van der Waals surface area (Å²) in [6, 6.07) is 1.27. The van der Waals surface area contributed by atoms with E-state index in [1.54, 1.807) is 0 Å². The molecule has 0 spiro atoms. The summed E-state index contributed by atoms with van der Waals surface area (Å²) in [5.74, 6) is -1.07. The van der Waals surface area contributed by atoms with Crippen molar-refractivity contribution in [3.63, 3.8) is 0 Å². The topological polar surface area (TPSA) is 20.2 Å². The van der Waals surface area contributed by atoms with Crippen LogP contribution in [0.15, 0.2) is 12.1 Å². The number of halogens is 6. The molecule has 0 radical (unpaired) electrons. The van der Waals surface area contributed by atoms with Gasteiger partial charge in [0.25, 0.3) is 0 Å². The summed E-state index contributed by atoms with van der Waals surface area (Å²) >= 11 is 10.7. The Morgan fingerprint density at radius 3 is 2.13 bits per heavy atom. The summed E-state index contributed by atoms with van der Waals surface area (Å²) in [7, 11) is 0. The van der Waals surface area contributed by atoms with E-state index in [2.05, 4.69) is 0 Å². The van der Waals surface area contributed by atoms with E-state index in [1.807, 2.05) is 0 Å². The Morgan fingerprint density at radius 1 is 1.13 bits per heavy atom. The van der Waals surface area contributed by atoms with Crippen molar-refractivity contribution in [1.82, 2.24) is 0 Å². The predicted octanol–water partition coefficient (Wildman–Crippen LogP) is 3.73. The molecule has 0 aliphatic carbocycles. The molecule has 0 aromatic heterocycles. The van der Waals surface area contributed by atoms with Crippen molar-refractivity contribution in [3.05, 3.63) is 33.6 Å². The average Bonchev–Trinajstić information content (AvgIpc) is 2.08. The molecule has 1 aromatic carbocycles. The molecule has 1 atom stereocenters. The second kappa shape index (κ2) is 4.15. The maximum atomic E-state index is 12.8. The fourth-order valence-electron chi connectivity index (χ4n) is 0.924. The summed E-state index contributed by atoms with van der Waals surface area (Å²) in [5, 5.41) is 7.99. The van der Waals surface area contributed by atoms with Gasteiger partial charge in [-0.2, -0.15) is 13.2 Å². The van der Waals surface area contributed by atoms with Gasteiger partial charge in [0.15, 0.2) is 6.10 Å². The number of alkyl halides is 3.